The Morgan fingerprint density at radius 1 is 1.00 bits per heavy atom. The predicted molar refractivity (Wildman–Crippen MR) is 104 cm³/mol. The van der Waals surface area contributed by atoms with Crippen LogP contribution in [0.15, 0.2) is 42.6 Å². The van der Waals surface area contributed by atoms with Crippen LogP contribution in [0.5, 0.6) is 0 Å². The Hall–Kier alpha value is -3.08. The number of carbonyl (C=O) groups is 2. The first-order chi connectivity index (χ1) is 12.5. The van der Waals surface area contributed by atoms with Gasteiger partial charge in [0.05, 0.1) is 0 Å². The molecule has 2 amide bonds. The van der Waals surface area contributed by atoms with Crippen LogP contribution in [0, 0.1) is 20.8 Å². The van der Waals surface area contributed by atoms with Gasteiger partial charge < -0.3 is 15.6 Å². The quantitative estimate of drug-likeness (QED) is 0.632. The third-order valence-corrected chi connectivity index (χ3v) is 4.48. The molecule has 0 saturated heterocycles. The number of aromatic nitrogens is 1. The third-order valence-electron chi connectivity index (χ3n) is 4.48. The van der Waals surface area contributed by atoms with Gasteiger partial charge in [0.25, 0.3) is 0 Å². The number of fused-ring (bicyclic) bond motifs is 1. The van der Waals surface area contributed by atoms with Crippen LogP contribution in [0.3, 0.4) is 0 Å². The molecule has 3 rings (SSSR count). The van der Waals surface area contributed by atoms with E-state index in [1.165, 1.54) is 0 Å². The predicted octanol–water partition coefficient (Wildman–Crippen LogP) is 3.39. The summed E-state index contributed by atoms with van der Waals surface area (Å²) in [6.45, 7) is 6.25. The van der Waals surface area contributed by atoms with Crippen molar-refractivity contribution in [3.05, 3.63) is 64.8 Å². The van der Waals surface area contributed by atoms with Crippen LogP contribution in [-0.4, -0.2) is 23.3 Å². The molecule has 5 heteroatoms. The highest BCUT2D eigenvalue weighted by molar-refractivity contribution is 6.39. The third kappa shape index (κ3) is 3.77. The molecule has 134 valence electrons. The van der Waals surface area contributed by atoms with Crippen molar-refractivity contribution in [3.8, 4) is 0 Å². The van der Waals surface area contributed by atoms with Gasteiger partial charge in [0, 0.05) is 29.3 Å². The topological polar surface area (TPSA) is 74.0 Å². The Morgan fingerprint density at radius 2 is 1.69 bits per heavy atom. The van der Waals surface area contributed by atoms with E-state index in [4.69, 9.17) is 0 Å². The summed E-state index contributed by atoms with van der Waals surface area (Å²) in [7, 11) is 0. The van der Waals surface area contributed by atoms with Crippen LogP contribution in [0.25, 0.3) is 10.9 Å². The number of carbonyl (C=O) groups excluding carboxylic acids is 2. The molecule has 0 unspecified atom stereocenters. The maximum absolute atomic E-state index is 12.2. The Kier molecular flexibility index (Phi) is 5.07. The lowest BCUT2D eigenvalue weighted by atomic mass is 10.1. The van der Waals surface area contributed by atoms with E-state index >= 15 is 0 Å². The molecule has 0 bridgehead atoms. The summed E-state index contributed by atoms with van der Waals surface area (Å²) in [5, 5.41) is 6.55. The van der Waals surface area contributed by atoms with E-state index in [0.29, 0.717) is 18.7 Å². The van der Waals surface area contributed by atoms with Crippen molar-refractivity contribution in [2.75, 3.05) is 11.9 Å². The molecule has 1 heterocycles. The molecule has 0 saturated carbocycles. The summed E-state index contributed by atoms with van der Waals surface area (Å²) in [5.74, 6) is -1.26. The molecule has 26 heavy (non-hydrogen) atoms. The van der Waals surface area contributed by atoms with E-state index in [2.05, 4.69) is 15.6 Å². The first-order valence-electron chi connectivity index (χ1n) is 8.67. The van der Waals surface area contributed by atoms with Crippen molar-refractivity contribution in [3.63, 3.8) is 0 Å². The lowest BCUT2D eigenvalue weighted by Crippen LogP contribution is -2.36. The minimum Gasteiger partial charge on any atom is -0.361 e. The van der Waals surface area contributed by atoms with Crippen LogP contribution >= 0.6 is 0 Å². The number of H-pyrrole nitrogens is 1. The molecule has 0 aliphatic rings. The number of hydrogen-bond donors (Lipinski definition) is 3. The van der Waals surface area contributed by atoms with E-state index in [1.54, 1.807) is 0 Å². The summed E-state index contributed by atoms with van der Waals surface area (Å²) in [5.41, 5.74) is 5.90. The fourth-order valence-corrected chi connectivity index (χ4v) is 3.28. The van der Waals surface area contributed by atoms with Crippen molar-refractivity contribution >= 4 is 28.4 Å². The van der Waals surface area contributed by atoms with E-state index in [9.17, 15) is 9.59 Å². The zero-order chi connectivity index (χ0) is 18.7. The van der Waals surface area contributed by atoms with Crippen molar-refractivity contribution in [1.29, 1.82) is 0 Å². The minimum absolute atomic E-state index is 0.403. The minimum atomic E-state index is -0.640. The summed E-state index contributed by atoms with van der Waals surface area (Å²) in [6.07, 6.45) is 2.60. The Morgan fingerprint density at radius 3 is 2.42 bits per heavy atom. The van der Waals surface area contributed by atoms with Crippen LogP contribution in [0.4, 0.5) is 5.69 Å². The molecule has 2 aromatic carbocycles. The van der Waals surface area contributed by atoms with Crippen LogP contribution in [0.1, 0.15) is 22.3 Å². The maximum Gasteiger partial charge on any atom is 0.313 e. The van der Waals surface area contributed by atoms with Crippen molar-refractivity contribution < 1.29 is 9.59 Å². The molecule has 0 aliphatic heterocycles. The first-order valence-corrected chi connectivity index (χ1v) is 8.67. The fourth-order valence-electron chi connectivity index (χ4n) is 3.28. The average molecular weight is 349 g/mol. The molecule has 0 fully saturated rings. The van der Waals surface area contributed by atoms with Gasteiger partial charge in [-0.25, -0.2) is 0 Å². The standard InChI is InChI=1S/C21H23N3O2/c1-13-10-14(2)19(15(3)11-13)24-21(26)20(25)22-9-8-16-12-23-18-7-5-4-6-17(16)18/h4-7,10-12,23H,8-9H2,1-3H3,(H,22,25)(H,24,26). The van der Waals surface area contributed by atoms with Gasteiger partial charge in [-0.15, -0.1) is 0 Å². The number of amides is 2. The van der Waals surface area contributed by atoms with E-state index in [0.717, 1.165) is 33.2 Å². The van der Waals surface area contributed by atoms with Gasteiger partial charge >= 0.3 is 11.8 Å². The molecule has 0 atom stereocenters. The van der Waals surface area contributed by atoms with Gasteiger partial charge in [-0.2, -0.15) is 0 Å². The number of anilines is 1. The van der Waals surface area contributed by atoms with E-state index in [1.807, 2.05) is 63.4 Å². The van der Waals surface area contributed by atoms with Gasteiger partial charge in [0.2, 0.25) is 0 Å². The second kappa shape index (κ2) is 7.44. The first kappa shape index (κ1) is 17.7. The van der Waals surface area contributed by atoms with Gasteiger partial charge in [-0.3, -0.25) is 9.59 Å². The van der Waals surface area contributed by atoms with Crippen LogP contribution in [-0.2, 0) is 16.0 Å². The Balaban J connectivity index is 1.57. The van der Waals surface area contributed by atoms with Crippen LogP contribution in [0.2, 0.25) is 0 Å². The van der Waals surface area contributed by atoms with Gasteiger partial charge in [0.15, 0.2) is 0 Å². The van der Waals surface area contributed by atoms with Crippen molar-refractivity contribution in [1.82, 2.24) is 10.3 Å². The lowest BCUT2D eigenvalue weighted by Gasteiger charge is -2.12. The molecule has 0 aliphatic carbocycles. The number of nitrogens with one attached hydrogen (secondary N) is 3. The second-order valence-corrected chi connectivity index (χ2v) is 6.59. The van der Waals surface area contributed by atoms with Crippen LogP contribution < -0.4 is 10.6 Å². The number of hydrogen-bond acceptors (Lipinski definition) is 2. The number of aryl methyl sites for hydroxylation is 3. The number of aromatic amines is 1. The Bertz CT molecular complexity index is 949. The number of rotatable bonds is 4. The van der Waals surface area contributed by atoms with Crippen molar-refractivity contribution in [2.24, 2.45) is 0 Å². The molecule has 0 radical (unpaired) electrons. The number of para-hydroxylation sites is 1. The zero-order valence-electron chi connectivity index (χ0n) is 15.3. The smallest absolute Gasteiger partial charge is 0.313 e. The van der Waals surface area contributed by atoms with E-state index in [-0.39, 0.29) is 0 Å². The van der Waals surface area contributed by atoms with Gasteiger partial charge in [0.1, 0.15) is 0 Å². The molecule has 3 aromatic rings. The lowest BCUT2D eigenvalue weighted by molar-refractivity contribution is -0.136. The van der Waals surface area contributed by atoms with E-state index < -0.39 is 11.8 Å². The fraction of sp³-hybridized carbons (Fsp3) is 0.238. The van der Waals surface area contributed by atoms with Crippen molar-refractivity contribution in [2.45, 2.75) is 27.2 Å². The second-order valence-electron chi connectivity index (χ2n) is 6.59. The number of benzene rings is 2. The zero-order valence-corrected chi connectivity index (χ0v) is 15.3. The highest BCUT2D eigenvalue weighted by Crippen LogP contribution is 2.21. The monoisotopic (exact) mass is 349 g/mol. The highest BCUT2D eigenvalue weighted by Gasteiger charge is 2.16. The normalized spacial score (nSPS) is 10.7. The maximum atomic E-state index is 12.2. The van der Waals surface area contributed by atoms with Gasteiger partial charge in [-0.1, -0.05) is 35.9 Å². The average Bonchev–Trinajstić information content (AvgIpc) is 3.01. The Labute approximate surface area is 152 Å². The molecule has 5 nitrogen and oxygen atoms in total. The summed E-state index contributed by atoms with van der Waals surface area (Å²) in [6, 6.07) is 12.0. The molecule has 1 aromatic heterocycles. The summed E-state index contributed by atoms with van der Waals surface area (Å²) >= 11 is 0. The SMILES string of the molecule is Cc1cc(C)c(NC(=O)C(=O)NCCc2c[nH]c3ccccc23)c(C)c1. The van der Waals surface area contributed by atoms with Gasteiger partial charge in [-0.05, 0) is 49.9 Å². The highest BCUT2D eigenvalue weighted by atomic mass is 16.2. The molecular formula is C21H23N3O2. The largest absolute Gasteiger partial charge is 0.361 e. The molecular weight excluding hydrogens is 326 g/mol. The molecule has 3 N–H and O–H groups in total. The summed E-state index contributed by atoms with van der Waals surface area (Å²) in [4.78, 5) is 27.5. The summed E-state index contributed by atoms with van der Waals surface area (Å²) < 4.78 is 0. The molecule has 0 spiro atoms.